The van der Waals surface area contributed by atoms with Gasteiger partial charge in [-0.15, -0.1) is 0 Å². The standard InChI is InChI=1S/C21H30N2O3/c1-15(22-20(25)16-9-5-4-6-10-16)13-19(24)23-14-21(2,3)26-18-12-8-7-11-17(18)23/h7-8,11-12,15-16H,4-6,9-10,13-14H2,1-3H3,(H,22,25). The van der Waals surface area contributed by atoms with Crippen molar-refractivity contribution in [3.8, 4) is 5.75 Å². The summed E-state index contributed by atoms with van der Waals surface area (Å²) < 4.78 is 5.98. The van der Waals surface area contributed by atoms with Gasteiger partial charge in [0, 0.05) is 18.4 Å². The highest BCUT2D eigenvalue weighted by molar-refractivity contribution is 5.96. The Hall–Kier alpha value is -2.04. The molecule has 1 atom stereocenters. The average Bonchev–Trinajstić information content (AvgIpc) is 2.60. The van der Waals surface area contributed by atoms with Crippen LogP contribution < -0.4 is 15.0 Å². The topological polar surface area (TPSA) is 58.6 Å². The van der Waals surface area contributed by atoms with Gasteiger partial charge >= 0.3 is 0 Å². The van der Waals surface area contributed by atoms with Crippen molar-refractivity contribution in [1.82, 2.24) is 5.32 Å². The van der Waals surface area contributed by atoms with Gasteiger partial charge in [-0.3, -0.25) is 9.59 Å². The molecule has 5 nitrogen and oxygen atoms in total. The minimum absolute atomic E-state index is 0.0188. The quantitative estimate of drug-likeness (QED) is 0.893. The Balaban J connectivity index is 1.63. The Kier molecular flexibility index (Phi) is 5.54. The van der Waals surface area contributed by atoms with Gasteiger partial charge in [0.05, 0.1) is 12.2 Å². The molecular formula is C21H30N2O3. The van der Waals surface area contributed by atoms with E-state index in [9.17, 15) is 9.59 Å². The SMILES string of the molecule is CC(CC(=O)N1CC(C)(C)Oc2ccccc21)NC(=O)C1CCCCC1. The molecule has 1 N–H and O–H groups in total. The van der Waals surface area contributed by atoms with E-state index in [4.69, 9.17) is 4.74 Å². The molecule has 1 fully saturated rings. The van der Waals surface area contributed by atoms with E-state index < -0.39 is 5.60 Å². The van der Waals surface area contributed by atoms with Gasteiger partial charge in [-0.05, 0) is 45.7 Å². The summed E-state index contributed by atoms with van der Waals surface area (Å²) in [4.78, 5) is 27.1. The maximum atomic E-state index is 12.9. The van der Waals surface area contributed by atoms with Gasteiger partial charge in [-0.1, -0.05) is 31.4 Å². The van der Waals surface area contributed by atoms with Gasteiger partial charge < -0.3 is 15.0 Å². The molecule has 2 aliphatic rings. The van der Waals surface area contributed by atoms with Crippen LogP contribution in [-0.2, 0) is 9.59 Å². The highest BCUT2D eigenvalue weighted by Gasteiger charge is 2.35. The third-order valence-corrected chi connectivity index (χ3v) is 5.23. The van der Waals surface area contributed by atoms with Gasteiger partial charge in [-0.25, -0.2) is 0 Å². The van der Waals surface area contributed by atoms with Crippen LogP contribution in [0.4, 0.5) is 5.69 Å². The molecule has 0 bridgehead atoms. The second kappa shape index (κ2) is 7.68. The number of nitrogens with one attached hydrogen (secondary N) is 1. The first-order chi connectivity index (χ1) is 12.4. The molecule has 1 unspecified atom stereocenters. The lowest BCUT2D eigenvalue weighted by Crippen LogP contribution is -2.50. The van der Waals surface area contributed by atoms with Crippen molar-refractivity contribution in [2.75, 3.05) is 11.4 Å². The van der Waals surface area contributed by atoms with Crippen LogP contribution >= 0.6 is 0 Å². The largest absolute Gasteiger partial charge is 0.484 e. The van der Waals surface area contributed by atoms with Crippen molar-refractivity contribution in [2.24, 2.45) is 5.92 Å². The van der Waals surface area contributed by atoms with Crippen molar-refractivity contribution in [3.63, 3.8) is 0 Å². The summed E-state index contributed by atoms with van der Waals surface area (Å²) >= 11 is 0. The zero-order chi connectivity index (χ0) is 18.7. The fourth-order valence-electron chi connectivity index (χ4n) is 3.93. The number of anilines is 1. The molecule has 1 saturated carbocycles. The number of fused-ring (bicyclic) bond motifs is 1. The molecule has 0 spiro atoms. The molecule has 3 rings (SSSR count). The highest BCUT2D eigenvalue weighted by Crippen LogP contribution is 2.37. The maximum absolute atomic E-state index is 12.9. The monoisotopic (exact) mass is 358 g/mol. The molecular weight excluding hydrogens is 328 g/mol. The number of hydrogen-bond donors (Lipinski definition) is 1. The summed E-state index contributed by atoms with van der Waals surface area (Å²) in [7, 11) is 0. The maximum Gasteiger partial charge on any atom is 0.229 e. The fourth-order valence-corrected chi connectivity index (χ4v) is 3.93. The van der Waals surface area contributed by atoms with E-state index in [1.54, 1.807) is 4.90 Å². The minimum atomic E-state index is -0.432. The van der Waals surface area contributed by atoms with Crippen molar-refractivity contribution in [1.29, 1.82) is 0 Å². The molecule has 0 aromatic heterocycles. The van der Waals surface area contributed by atoms with E-state index >= 15 is 0 Å². The number of benzene rings is 1. The number of carbonyl (C=O) groups excluding carboxylic acids is 2. The Morgan fingerprint density at radius 2 is 1.92 bits per heavy atom. The van der Waals surface area contributed by atoms with Crippen LogP contribution in [0.5, 0.6) is 5.75 Å². The van der Waals surface area contributed by atoms with Crippen molar-refractivity contribution in [3.05, 3.63) is 24.3 Å². The van der Waals surface area contributed by atoms with Gasteiger partial charge in [0.25, 0.3) is 0 Å². The second-order valence-corrected chi connectivity index (χ2v) is 8.26. The Bertz CT molecular complexity index is 665. The average molecular weight is 358 g/mol. The van der Waals surface area contributed by atoms with E-state index in [1.807, 2.05) is 45.0 Å². The predicted octanol–water partition coefficient (Wildman–Crippen LogP) is 3.67. The lowest BCUT2D eigenvalue weighted by atomic mass is 9.88. The number of carbonyl (C=O) groups is 2. The summed E-state index contributed by atoms with van der Waals surface area (Å²) in [6.45, 7) is 6.39. The second-order valence-electron chi connectivity index (χ2n) is 8.26. The number of amides is 2. The van der Waals surface area contributed by atoms with Crippen LogP contribution in [0.1, 0.15) is 59.3 Å². The normalized spacial score (nSPS) is 20.7. The van der Waals surface area contributed by atoms with E-state index in [1.165, 1.54) is 6.42 Å². The van der Waals surface area contributed by atoms with Gasteiger partial charge in [-0.2, -0.15) is 0 Å². The first-order valence-electron chi connectivity index (χ1n) is 9.74. The van der Waals surface area contributed by atoms with Crippen LogP contribution in [0.25, 0.3) is 0 Å². The van der Waals surface area contributed by atoms with E-state index in [0.29, 0.717) is 13.0 Å². The van der Waals surface area contributed by atoms with Crippen molar-refractivity contribution in [2.45, 2.75) is 70.9 Å². The first kappa shape index (κ1) is 18.7. The molecule has 1 aromatic rings. The molecule has 0 radical (unpaired) electrons. The van der Waals surface area contributed by atoms with Crippen LogP contribution in [0.3, 0.4) is 0 Å². The molecule has 0 saturated heterocycles. The smallest absolute Gasteiger partial charge is 0.229 e. The number of ether oxygens (including phenoxy) is 1. The van der Waals surface area contributed by atoms with Crippen molar-refractivity contribution >= 4 is 17.5 Å². The van der Waals surface area contributed by atoms with Gasteiger partial charge in [0.1, 0.15) is 11.4 Å². The number of para-hydroxylation sites is 2. The fraction of sp³-hybridized carbons (Fsp3) is 0.619. The van der Waals surface area contributed by atoms with E-state index in [-0.39, 0.29) is 23.8 Å². The number of rotatable bonds is 4. The molecule has 26 heavy (non-hydrogen) atoms. The van der Waals surface area contributed by atoms with Crippen LogP contribution in [0.15, 0.2) is 24.3 Å². The van der Waals surface area contributed by atoms with E-state index in [0.717, 1.165) is 37.1 Å². The molecule has 142 valence electrons. The molecule has 1 aliphatic carbocycles. The Morgan fingerprint density at radius 1 is 1.23 bits per heavy atom. The zero-order valence-corrected chi connectivity index (χ0v) is 16.1. The zero-order valence-electron chi connectivity index (χ0n) is 16.1. The third-order valence-electron chi connectivity index (χ3n) is 5.23. The summed E-state index contributed by atoms with van der Waals surface area (Å²) in [5.74, 6) is 0.971. The molecule has 1 heterocycles. The summed E-state index contributed by atoms with van der Waals surface area (Å²) in [6.07, 6.45) is 5.72. The van der Waals surface area contributed by atoms with Gasteiger partial charge in [0.2, 0.25) is 11.8 Å². The Labute approximate surface area is 156 Å². The van der Waals surface area contributed by atoms with Crippen molar-refractivity contribution < 1.29 is 14.3 Å². The highest BCUT2D eigenvalue weighted by atomic mass is 16.5. The number of hydrogen-bond acceptors (Lipinski definition) is 3. The summed E-state index contributed by atoms with van der Waals surface area (Å²) in [5.41, 5.74) is 0.376. The third kappa shape index (κ3) is 4.37. The van der Waals surface area contributed by atoms with Gasteiger partial charge in [0.15, 0.2) is 0 Å². The predicted molar refractivity (Wildman–Crippen MR) is 102 cm³/mol. The van der Waals surface area contributed by atoms with Crippen LogP contribution in [0, 0.1) is 5.92 Å². The Morgan fingerprint density at radius 3 is 2.65 bits per heavy atom. The minimum Gasteiger partial charge on any atom is -0.484 e. The van der Waals surface area contributed by atoms with E-state index in [2.05, 4.69) is 5.32 Å². The molecule has 1 aliphatic heterocycles. The molecule has 2 amide bonds. The number of nitrogens with zero attached hydrogens (tertiary/aromatic N) is 1. The van der Waals surface area contributed by atoms with Crippen LogP contribution in [-0.4, -0.2) is 30.0 Å². The summed E-state index contributed by atoms with van der Waals surface area (Å²) in [5, 5.41) is 3.05. The molecule has 5 heteroatoms. The molecule has 1 aromatic carbocycles. The summed E-state index contributed by atoms with van der Waals surface area (Å²) in [6, 6.07) is 7.46. The lowest BCUT2D eigenvalue weighted by molar-refractivity contribution is -0.127. The van der Waals surface area contributed by atoms with Crippen LogP contribution in [0.2, 0.25) is 0 Å². The lowest BCUT2D eigenvalue weighted by Gasteiger charge is -2.40. The first-order valence-corrected chi connectivity index (χ1v) is 9.74.